The molecule has 0 amide bonds. The molecule has 0 unspecified atom stereocenters. The van der Waals surface area contributed by atoms with Gasteiger partial charge in [0.1, 0.15) is 5.57 Å². The van der Waals surface area contributed by atoms with Crippen LogP contribution in [0.25, 0.3) is 16.7 Å². The highest BCUT2D eigenvalue weighted by molar-refractivity contribution is 6.16. The zero-order valence-corrected chi connectivity index (χ0v) is 10.4. The third-order valence-corrected chi connectivity index (χ3v) is 3.52. The highest BCUT2D eigenvalue weighted by Crippen LogP contribution is 2.40. The van der Waals surface area contributed by atoms with Crippen LogP contribution in [-0.4, -0.2) is 11.1 Å². The first-order valence-corrected chi connectivity index (χ1v) is 6.08. The Morgan fingerprint density at radius 1 is 1.00 bits per heavy atom. The number of rotatable bonds is 2. The molecular formula is C16H10F2O2. The number of carboxylic acid groups (broad SMARTS) is 1. The minimum absolute atomic E-state index is 0.103. The van der Waals surface area contributed by atoms with Crippen molar-refractivity contribution in [3.8, 4) is 11.1 Å². The van der Waals surface area contributed by atoms with Gasteiger partial charge in [-0.1, -0.05) is 42.5 Å². The summed E-state index contributed by atoms with van der Waals surface area (Å²) in [5.74, 6) is -1.60. The number of aliphatic carboxylic acids is 1. The number of benzene rings is 2. The van der Waals surface area contributed by atoms with Crippen LogP contribution >= 0.6 is 0 Å². The van der Waals surface area contributed by atoms with Crippen molar-refractivity contribution in [2.24, 2.45) is 0 Å². The van der Waals surface area contributed by atoms with E-state index in [0.717, 1.165) is 16.7 Å². The topological polar surface area (TPSA) is 37.3 Å². The zero-order valence-electron chi connectivity index (χ0n) is 10.4. The van der Waals surface area contributed by atoms with Crippen molar-refractivity contribution in [3.63, 3.8) is 0 Å². The van der Waals surface area contributed by atoms with Crippen molar-refractivity contribution >= 4 is 11.5 Å². The van der Waals surface area contributed by atoms with Crippen LogP contribution in [0.3, 0.4) is 0 Å². The average molecular weight is 272 g/mol. The highest BCUT2D eigenvalue weighted by Gasteiger charge is 2.26. The number of hydrogen-bond acceptors (Lipinski definition) is 1. The van der Waals surface area contributed by atoms with Gasteiger partial charge >= 0.3 is 5.97 Å². The van der Waals surface area contributed by atoms with Gasteiger partial charge in [0, 0.05) is 0 Å². The Hall–Kier alpha value is -2.49. The first-order valence-electron chi connectivity index (χ1n) is 6.08. The molecule has 0 saturated heterocycles. The van der Waals surface area contributed by atoms with E-state index in [4.69, 9.17) is 5.11 Å². The van der Waals surface area contributed by atoms with Crippen LogP contribution in [0.1, 0.15) is 16.7 Å². The lowest BCUT2D eigenvalue weighted by Crippen LogP contribution is -2.04. The largest absolute Gasteiger partial charge is 0.477 e. The number of halogens is 2. The maximum Gasteiger partial charge on any atom is 0.341 e. The minimum Gasteiger partial charge on any atom is -0.477 e. The van der Waals surface area contributed by atoms with Gasteiger partial charge in [-0.05, 0) is 34.2 Å². The summed E-state index contributed by atoms with van der Waals surface area (Å²) in [7, 11) is 0. The number of fused-ring (bicyclic) bond motifs is 3. The summed E-state index contributed by atoms with van der Waals surface area (Å²) in [5, 5.41) is 9.01. The summed E-state index contributed by atoms with van der Waals surface area (Å²) in [6, 6.07) is 12.5. The standard InChI is InChI=1S/C16H10F2O2/c17-15(18)14(16(19)20)12-7-3-6-11-10-5-2-1-4-9(10)8-13(11)12/h1-7H,8H2,(H,19,20). The van der Waals surface area contributed by atoms with Crippen molar-refractivity contribution in [2.75, 3.05) is 0 Å². The van der Waals surface area contributed by atoms with Gasteiger partial charge < -0.3 is 5.11 Å². The summed E-state index contributed by atoms with van der Waals surface area (Å²) in [4.78, 5) is 11.1. The third kappa shape index (κ3) is 1.81. The van der Waals surface area contributed by atoms with Crippen LogP contribution in [0.15, 0.2) is 48.5 Å². The molecule has 2 aromatic carbocycles. The normalized spacial score (nSPS) is 11.7. The summed E-state index contributed by atoms with van der Waals surface area (Å²) in [6.45, 7) is 0. The smallest absolute Gasteiger partial charge is 0.341 e. The van der Waals surface area contributed by atoms with E-state index in [1.54, 1.807) is 6.07 Å². The molecule has 0 atom stereocenters. The molecule has 4 heteroatoms. The molecular weight excluding hydrogens is 262 g/mol. The predicted octanol–water partition coefficient (Wildman–Crippen LogP) is 3.95. The van der Waals surface area contributed by atoms with E-state index >= 15 is 0 Å². The van der Waals surface area contributed by atoms with Gasteiger partial charge in [-0.3, -0.25) is 0 Å². The van der Waals surface area contributed by atoms with Crippen molar-refractivity contribution in [2.45, 2.75) is 6.42 Å². The molecule has 20 heavy (non-hydrogen) atoms. The predicted molar refractivity (Wildman–Crippen MR) is 71.5 cm³/mol. The van der Waals surface area contributed by atoms with Crippen molar-refractivity contribution in [1.82, 2.24) is 0 Å². The summed E-state index contributed by atoms with van der Waals surface area (Å²) in [6.07, 6.45) is -1.69. The van der Waals surface area contributed by atoms with Crippen LogP contribution in [0.5, 0.6) is 0 Å². The fourth-order valence-corrected chi connectivity index (χ4v) is 2.69. The van der Waals surface area contributed by atoms with E-state index in [9.17, 15) is 13.6 Å². The molecule has 0 saturated carbocycles. The number of carbonyl (C=O) groups is 1. The van der Waals surface area contributed by atoms with E-state index in [1.807, 2.05) is 30.3 Å². The molecule has 1 aliphatic carbocycles. The van der Waals surface area contributed by atoms with E-state index in [1.165, 1.54) is 6.07 Å². The highest BCUT2D eigenvalue weighted by atomic mass is 19.3. The van der Waals surface area contributed by atoms with Gasteiger partial charge in [0.05, 0.1) is 0 Å². The molecule has 1 N–H and O–H groups in total. The van der Waals surface area contributed by atoms with Gasteiger partial charge in [-0.25, -0.2) is 4.79 Å². The van der Waals surface area contributed by atoms with E-state index in [0.29, 0.717) is 12.0 Å². The van der Waals surface area contributed by atoms with Gasteiger partial charge in [0.25, 0.3) is 6.08 Å². The molecule has 0 fully saturated rings. The third-order valence-electron chi connectivity index (χ3n) is 3.52. The molecule has 3 rings (SSSR count). The van der Waals surface area contributed by atoms with Gasteiger partial charge in [0.15, 0.2) is 0 Å². The lowest BCUT2D eigenvalue weighted by molar-refractivity contribution is -0.130. The molecule has 0 heterocycles. The average Bonchev–Trinajstić information content (AvgIpc) is 2.78. The Balaban J connectivity index is 2.24. The zero-order chi connectivity index (χ0) is 14.3. The second-order valence-corrected chi connectivity index (χ2v) is 4.61. The van der Waals surface area contributed by atoms with Gasteiger partial charge in [-0.15, -0.1) is 0 Å². The van der Waals surface area contributed by atoms with E-state index in [2.05, 4.69) is 0 Å². The molecule has 1 aliphatic rings. The first kappa shape index (κ1) is 12.5. The molecule has 0 aliphatic heterocycles. The molecule has 2 nitrogen and oxygen atoms in total. The summed E-state index contributed by atoms with van der Waals surface area (Å²) >= 11 is 0. The Morgan fingerprint density at radius 2 is 1.70 bits per heavy atom. The van der Waals surface area contributed by atoms with Gasteiger partial charge in [0.2, 0.25) is 0 Å². The molecule has 0 radical (unpaired) electrons. The molecule has 2 aromatic rings. The van der Waals surface area contributed by atoms with Gasteiger partial charge in [-0.2, -0.15) is 8.78 Å². The Bertz CT molecular complexity index is 744. The SMILES string of the molecule is O=C(O)C(=C(F)F)c1cccc2c1Cc1ccccc1-2. The monoisotopic (exact) mass is 272 g/mol. The Morgan fingerprint density at radius 3 is 2.40 bits per heavy atom. The minimum atomic E-state index is -2.16. The number of carboxylic acids is 1. The number of hydrogen-bond donors (Lipinski definition) is 1. The first-order chi connectivity index (χ1) is 9.59. The lowest BCUT2D eigenvalue weighted by Gasteiger charge is -2.08. The second-order valence-electron chi connectivity index (χ2n) is 4.61. The maximum atomic E-state index is 12.9. The van der Waals surface area contributed by atoms with Crippen LogP contribution in [0, 0.1) is 0 Å². The maximum absolute atomic E-state index is 12.9. The fourth-order valence-electron chi connectivity index (χ4n) is 2.69. The van der Waals surface area contributed by atoms with Crippen molar-refractivity contribution in [3.05, 3.63) is 65.2 Å². The fraction of sp³-hybridized carbons (Fsp3) is 0.0625. The summed E-state index contributed by atoms with van der Waals surface area (Å²) in [5.41, 5.74) is 2.69. The molecule has 0 bridgehead atoms. The van der Waals surface area contributed by atoms with E-state index < -0.39 is 17.6 Å². The lowest BCUT2D eigenvalue weighted by atomic mass is 9.96. The van der Waals surface area contributed by atoms with Crippen LogP contribution in [-0.2, 0) is 11.2 Å². The van der Waals surface area contributed by atoms with Crippen molar-refractivity contribution < 1.29 is 18.7 Å². The van der Waals surface area contributed by atoms with E-state index in [-0.39, 0.29) is 5.56 Å². The molecule has 0 aromatic heterocycles. The van der Waals surface area contributed by atoms with Crippen molar-refractivity contribution in [1.29, 1.82) is 0 Å². The quantitative estimate of drug-likeness (QED) is 0.717. The second kappa shape index (κ2) is 4.56. The molecule has 100 valence electrons. The Labute approximate surface area is 114 Å². The summed E-state index contributed by atoms with van der Waals surface area (Å²) < 4.78 is 25.9. The van der Waals surface area contributed by atoms with Crippen LogP contribution in [0.4, 0.5) is 8.78 Å². The molecule has 0 spiro atoms. The van der Waals surface area contributed by atoms with Crippen LogP contribution < -0.4 is 0 Å². The van der Waals surface area contributed by atoms with Crippen LogP contribution in [0.2, 0.25) is 0 Å². The Kier molecular flexibility index (Phi) is 2.86.